The van der Waals surface area contributed by atoms with E-state index in [9.17, 15) is 13.5 Å². The predicted octanol–water partition coefficient (Wildman–Crippen LogP) is 1.19. The maximum Gasteiger partial charge on any atom is 0.267 e. The van der Waals surface area contributed by atoms with Gasteiger partial charge in [0.25, 0.3) is 10.1 Å². The molecule has 6 heteroatoms. The molecule has 0 aromatic carbocycles. The summed E-state index contributed by atoms with van der Waals surface area (Å²) in [5.74, 6) is -0.601. The quantitative estimate of drug-likeness (QED) is 0.386. The van der Waals surface area contributed by atoms with E-state index in [1.54, 1.807) is 0 Å². The number of hydrogen-bond acceptors (Lipinski definition) is 4. The first-order valence-corrected chi connectivity index (χ1v) is 7.90. The second-order valence-corrected chi connectivity index (χ2v) is 5.87. The predicted molar refractivity (Wildman–Crippen MR) is 68.7 cm³/mol. The van der Waals surface area contributed by atoms with E-state index in [1.807, 2.05) is 0 Å². The largest absolute Gasteiger partial charge is 0.391 e. The third kappa shape index (κ3) is 13.8. The van der Waals surface area contributed by atoms with E-state index in [2.05, 4.69) is 12.2 Å². The van der Waals surface area contributed by atoms with Crippen molar-refractivity contribution < 1.29 is 18.1 Å². The smallest absolute Gasteiger partial charge is 0.267 e. The van der Waals surface area contributed by atoms with Crippen molar-refractivity contribution in [2.45, 2.75) is 51.6 Å². The first kappa shape index (κ1) is 16.8. The van der Waals surface area contributed by atoms with Crippen molar-refractivity contribution in [2.75, 3.05) is 18.8 Å². The second-order valence-electron chi connectivity index (χ2n) is 4.37. The molecule has 0 fully saturated rings. The van der Waals surface area contributed by atoms with E-state index >= 15 is 0 Å². The van der Waals surface area contributed by atoms with Gasteiger partial charge in [-0.05, 0) is 13.0 Å². The molecule has 0 heterocycles. The Balaban J connectivity index is 3.28. The lowest BCUT2D eigenvalue weighted by molar-refractivity contribution is 0.191. The molecule has 0 radical (unpaired) electrons. The Morgan fingerprint density at radius 1 is 1.12 bits per heavy atom. The molecular weight excluding hydrogens is 242 g/mol. The van der Waals surface area contributed by atoms with Crippen molar-refractivity contribution in [1.82, 2.24) is 5.32 Å². The van der Waals surface area contributed by atoms with Gasteiger partial charge in [-0.15, -0.1) is 0 Å². The molecule has 1 atom stereocenters. The van der Waals surface area contributed by atoms with Gasteiger partial charge in [-0.2, -0.15) is 8.42 Å². The average molecular weight is 267 g/mol. The summed E-state index contributed by atoms with van der Waals surface area (Å²) in [6, 6.07) is 0. The van der Waals surface area contributed by atoms with Crippen LogP contribution in [-0.2, 0) is 10.1 Å². The highest BCUT2D eigenvalue weighted by Gasteiger charge is 2.12. The minimum atomic E-state index is -4.07. The van der Waals surface area contributed by atoms with Gasteiger partial charge in [-0.3, -0.25) is 4.55 Å². The summed E-state index contributed by atoms with van der Waals surface area (Å²) in [6.07, 6.45) is 6.15. The number of aliphatic hydroxyl groups excluding tert-OH is 1. The molecule has 0 amide bonds. The maximum absolute atomic E-state index is 10.4. The highest BCUT2D eigenvalue weighted by atomic mass is 32.2. The summed E-state index contributed by atoms with van der Waals surface area (Å²) in [4.78, 5) is 0. The van der Waals surface area contributed by atoms with Crippen LogP contribution in [0.4, 0.5) is 0 Å². The number of nitrogens with one attached hydrogen (secondary N) is 1. The Bertz CT molecular complexity index is 267. The fourth-order valence-electron chi connectivity index (χ4n) is 1.60. The monoisotopic (exact) mass is 267 g/mol. The Kier molecular flexibility index (Phi) is 9.72. The number of aliphatic hydroxyl groups is 1. The molecule has 5 nitrogen and oxygen atoms in total. The van der Waals surface area contributed by atoms with Crippen LogP contribution in [-0.4, -0.2) is 43.0 Å². The molecule has 0 saturated heterocycles. The summed E-state index contributed by atoms with van der Waals surface area (Å²) in [5, 5.41) is 12.2. The Morgan fingerprint density at radius 3 is 2.29 bits per heavy atom. The fraction of sp³-hybridized carbons (Fsp3) is 1.00. The number of unbranched alkanes of at least 4 members (excludes halogenated alkanes) is 5. The molecule has 0 aliphatic carbocycles. The van der Waals surface area contributed by atoms with E-state index in [0.29, 0.717) is 0 Å². The lowest BCUT2D eigenvalue weighted by Gasteiger charge is -2.09. The van der Waals surface area contributed by atoms with Gasteiger partial charge in [0.05, 0.1) is 6.10 Å². The molecule has 0 bridgehead atoms. The summed E-state index contributed by atoms with van der Waals surface area (Å²) in [7, 11) is -4.07. The molecule has 3 N–H and O–H groups in total. The third-order valence-electron chi connectivity index (χ3n) is 2.49. The van der Waals surface area contributed by atoms with Gasteiger partial charge in [-0.1, -0.05) is 39.0 Å². The zero-order chi connectivity index (χ0) is 13.1. The van der Waals surface area contributed by atoms with Gasteiger partial charge in [0.1, 0.15) is 5.75 Å². The lowest BCUT2D eigenvalue weighted by atomic mass is 10.1. The SMILES string of the molecule is CCCCCCCCNCC(O)CS(=O)(=O)O. The van der Waals surface area contributed by atoms with Crippen LogP contribution in [0.1, 0.15) is 45.4 Å². The topological polar surface area (TPSA) is 86.6 Å². The molecule has 0 aliphatic heterocycles. The third-order valence-corrected chi connectivity index (χ3v) is 3.30. The zero-order valence-electron chi connectivity index (χ0n) is 10.6. The lowest BCUT2D eigenvalue weighted by Crippen LogP contribution is -2.32. The Hall–Kier alpha value is -0.170. The molecule has 104 valence electrons. The summed E-state index contributed by atoms with van der Waals surface area (Å²) >= 11 is 0. The van der Waals surface area contributed by atoms with Gasteiger partial charge in [0.15, 0.2) is 0 Å². The maximum atomic E-state index is 10.4. The van der Waals surface area contributed by atoms with Crippen LogP contribution in [0.5, 0.6) is 0 Å². The van der Waals surface area contributed by atoms with Gasteiger partial charge in [-0.25, -0.2) is 0 Å². The van der Waals surface area contributed by atoms with Crippen LogP contribution >= 0.6 is 0 Å². The molecular formula is C11H25NO4S. The van der Waals surface area contributed by atoms with Crippen molar-refractivity contribution in [1.29, 1.82) is 0 Å². The Morgan fingerprint density at radius 2 is 1.71 bits per heavy atom. The molecule has 1 unspecified atom stereocenters. The van der Waals surface area contributed by atoms with E-state index in [4.69, 9.17) is 4.55 Å². The van der Waals surface area contributed by atoms with Crippen molar-refractivity contribution in [2.24, 2.45) is 0 Å². The van der Waals surface area contributed by atoms with Crippen molar-refractivity contribution >= 4 is 10.1 Å². The van der Waals surface area contributed by atoms with Crippen LogP contribution in [0.2, 0.25) is 0 Å². The van der Waals surface area contributed by atoms with Gasteiger partial charge in [0.2, 0.25) is 0 Å². The fourth-order valence-corrected chi connectivity index (χ4v) is 2.21. The van der Waals surface area contributed by atoms with Crippen LogP contribution in [0.3, 0.4) is 0 Å². The van der Waals surface area contributed by atoms with E-state index in [1.165, 1.54) is 25.7 Å². The molecule has 0 aliphatic rings. The van der Waals surface area contributed by atoms with Crippen molar-refractivity contribution in [3.8, 4) is 0 Å². The van der Waals surface area contributed by atoms with Crippen LogP contribution in [0, 0.1) is 0 Å². The number of hydrogen-bond donors (Lipinski definition) is 3. The summed E-state index contributed by atoms with van der Waals surface area (Å²) in [5.41, 5.74) is 0. The molecule has 0 spiro atoms. The first-order valence-electron chi connectivity index (χ1n) is 6.29. The van der Waals surface area contributed by atoms with Crippen LogP contribution in [0.25, 0.3) is 0 Å². The molecule has 0 aromatic rings. The molecule has 0 rings (SSSR count). The minimum Gasteiger partial charge on any atom is -0.391 e. The average Bonchev–Trinajstić information content (AvgIpc) is 2.19. The van der Waals surface area contributed by atoms with Crippen LogP contribution < -0.4 is 5.32 Å². The highest BCUT2D eigenvalue weighted by molar-refractivity contribution is 7.85. The normalized spacial score (nSPS) is 13.8. The molecule has 17 heavy (non-hydrogen) atoms. The van der Waals surface area contributed by atoms with Gasteiger partial charge in [0, 0.05) is 6.54 Å². The summed E-state index contributed by atoms with van der Waals surface area (Å²) < 4.78 is 29.4. The minimum absolute atomic E-state index is 0.203. The van der Waals surface area contributed by atoms with Crippen LogP contribution in [0.15, 0.2) is 0 Å². The van der Waals surface area contributed by atoms with E-state index in [0.717, 1.165) is 19.4 Å². The Labute approximate surface area is 104 Å². The highest BCUT2D eigenvalue weighted by Crippen LogP contribution is 2.03. The summed E-state index contributed by atoms with van der Waals surface area (Å²) in [6.45, 7) is 3.15. The standard InChI is InChI=1S/C11H25NO4S/c1-2-3-4-5-6-7-8-12-9-11(13)10-17(14,15)16/h11-13H,2-10H2,1H3,(H,14,15,16). The van der Waals surface area contributed by atoms with Crippen molar-refractivity contribution in [3.05, 3.63) is 0 Å². The van der Waals surface area contributed by atoms with E-state index in [-0.39, 0.29) is 6.54 Å². The van der Waals surface area contributed by atoms with Gasteiger partial charge >= 0.3 is 0 Å². The van der Waals surface area contributed by atoms with E-state index < -0.39 is 22.0 Å². The molecule has 0 aromatic heterocycles. The van der Waals surface area contributed by atoms with Gasteiger partial charge < -0.3 is 10.4 Å². The zero-order valence-corrected chi connectivity index (χ0v) is 11.4. The molecule has 0 saturated carbocycles. The number of rotatable bonds is 11. The second kappa shape index (κ2) is 9.82. The first-order chi connectivity index (χ1) is 7.95. The van der Waals surface area contributed by atoms with Crippen molar-refractivity contribution in [3.63, 3.8) is 0 Å².